The average molecular weight is 654 g/mol. The zero-order valence-electron chi connectivity index (χ0n) is 29.7. The Balaban J connectivity index is 0.00000518. The molecular weight excluding hydrogens is 591 g/mol. The average Bonchev–Trinajstić information content (AvgIpc) is 3.80. The molecule has 0 aliphatic heterocycles. The highest BCUT2D eigenvalue weighted by Gasteiger charge is 2.45. The highest BCUT2D eigenvalue weighted by atomic mass is 19.4. The summed E-state index contributed by atoms with van der Waals surface area (Å²) in [6.45, 7) is 15.9. The molecule has 1 aromatic heterocycles. The minimum absolute atomic E-state index is 0.118. The Morgan fingerprint density at radius 3 is 2.28 bits per heavy atom. The topological polar surface area (TPSA) is 109 Å². The van der Waals surface area contributed by atoms with Crippen molar-refractivity contribution >= 4 is 23.5 Å². The SMILES string of the molecule is CC.CCCCCC(=O)N(CCC)CC1(CNc2nc(/N=C(N)/C(=C\NC(CCC)CCCCC)CC)ncc2C(F)(F)F)CC1. The number of amides is 1. The van der Waals surface area contributed by atoms with Crippen molar-refractivity contribution in [1.82, 2.24) is 20.2 Å². The number of nitrogens with zero attached hydrogens (tertiary/aromatic N) is 4. The number of nitrogens with one attached hydrogen (secondary N) is 2. The van der Waals surface area contributed by atoms with Gasteiger partial charge in [-0.3, -0.25) is 4.79 Å². The fraction of sp³-hybridized carbons (Fsp3) is 0.771. The van der Waals surface area contributed by atoms with E-state index in [2.05, 4.69) is 46.4 Å². The number of nitrogens with two attached hydrogens (primary N) is 1. The Morgan fingerprint density at radius 1 is 1.04 bits per heavy atom. The number of alkyl halides is 3. The zero-order valence-corrected chi connectivity index (χ0v) is 29.7. The summed E-state index contributed by atoms with van der Waals surface area (Å²) >= 11 is 0. The van der Waals surface area contributed by atoms with Gasteiger partial charge in [0.05, 0.1) is 0 Å². The zero-order chi connectivity index (χ0) is 34.6. The number of carbonyl (C=O) groups excluding carboxylic acids is 1. The molecule has 0 aromatic carbocycles. The Morgan fingerprint density at radius 2 is 1.72 bits per heavy atom. The molecule has 1 atom stereocenters. The van der Waals surface area contributed by atoms with Gasteiger partial charge in [0.15, 0.2) is 0 Å². The second-order valence-corrected chi connectivity index (χ2v) is 12.2. The van der Waals surface area contributed by atoms with E-state index < -0.39 is 11.7 Å². The number of hydrogen-bond acceptors (Lipinski definition) is 6. The van der Waals surface area contributed by atoms with Crippen LogP contribution in [0.25, 0.3) is 0 Å². The van der Waals surface area contributed by atoms with Crippen LogP contribution >= 0.6 is 0 Å². The maximum absolute atomic E-state index is 13.9. The van der Waals surface area contributed by atoms with Gasteiger partial charge >= 0.3 is 6.18 Å². The van der Waals surface area contributed by atoms with E-state index in [0.29, 0.717) is 32.0 Å². The maximum Gasteiger partial charge on any atom is 0.421 e. The van der Waals surface area contributed by atoms with Crippen molar-refractivity contribution in [2.75, 3.05) is 25.0 Å². The number of hydrogen-bond donors (Lipinski definition) is 3. The van der Waals surface area contributed by atoms with E-state index in [1.807, 2.05) is 38.8 Å². The van der Waals surface area contributed by atoms with Gasteiger partial charge in [0.25, 0.3) is 5.95 Å². The molecule has 0 bridgehead atoms. The first kappa shape index (κ1) is 41.2. The highest BCUT2D eigenvalue weighted by molar-refractivity contribution is 5.98. The summed E-state index contributed by atoms with van der Waals surface area (Å²) in [5.41, 5.74) is 5.83. The van der Waals surface area contributed by atoms with Crippen LogP contribution in [0.5, 0.6) is 0 Å². The first-order chi connectivity index (χ1) is 22.0. The number of aliphatic imine (C=N–C) groups is 1. The summed E-state index contributed by atoms with van der Waals surface area (Å²) < 4.78 is 41.8. The summed E-state index contributed by atoms with van der Waals surface area (Å²) in [6, 6.07) is 0.327. The maximum atomic E-state index is 13.9. The quantitative estimate of drug-likeness (QED) is 0.0654. The van der Waals surface area contributed by atoms with Crippen LogP contribution in [0.2, 0.25) is 0 Å². The molecule has 0 spiro atoms. The molecule has 1 saturated carbocycles. The molecule has 0 saturated heterocycles. The first-order valence-corrected chi connectivity index (χ1v) is 17.8. The lowest BCUT2D eigenvalue weighted by atomic mass is 10.0. The molecule has 1 aliphatic carbocycles. The van der Waals surface area contributed by atoms with E-state index in [4.69, 9.17) is 5.73 Å². The Labute approximate surface area is 276 Å². The van der Waals surface area contributed by atoms with E-state index in [1.165, 1.54) is 6.42 Å². The minimum atomic E-state index is -4.64. The van der Waals surface area contributed by atoms with Gasteiger partial charge in [-0.2, -0.15) is 23.1 Å². The van der Waals surface area contributed by atoms with Crippen molar-refractivity contribution in [2.45, 2.75) is 151 Å². The van der Waals surface area contributed by atoms with Gasteiger partial charge in [-0.1, -0.05) is 87.0 Å². The smallest absolute Gasteiger partial charge is 0.388 e. The number of halogens is 3. The lowest BCUT2D eigenvalue weighted by Crippen LogP contribution is -2.39. The molecule has 8 nitrogen and oxygen atoms in total. The van der Waals surface area contributed by atoms with Crippen LogP contribution in [0.1, 0.15) is 144 Å². The van der Waals surface area contributed by atoms with Crippen molar-refractivity contribution in [3.8, 4) is 0 Å². The van der Waals surface area contributed by atoms with Gasteiger partial charge in [-0.25, -0.2) is 4.98 Å². The molecule has 264 valence electrons. The van der Waals surface area contributed by atoms with Crippen LogP contribution in [0.3, 0.4) is 0 Å². The second kappa shape index (κ2) is 21.9. The molecule has 1 amide bonds. The number of carbonyl (C=O) groups is 1. The fourth-order valence-corrected chi connectivity index (χ4v) is 5.31. The third-order valence-electron chi connectivity index (χ3n) is 8.25. The summed E-state index contributed by atoms with van der Waals surface area (Å²) in [4.78, 5) is 27.1. The van der Waals surface area contributed by atoms with Crippen LogP contribution in [0.4, 0.5) is 24.9 Å². The minimum Gasteiger partial charge on any atom is -0.388 e. The van der Waals surface area contributed by atoms with Crippen LogP contribution in [0, 0.1) is 5.41 Å². The van der Waals surface area contributed by atoms with Crippen molar-refractivity contribution in [2.24, 2.45) is 16.1 Å². The van der Waals surface area contributed by atoms with Crippen LogP contribution in [-0.2, 0) is 11.0 Å². The Bertz CT molecular complexity index is 1070. The number of amidine groups is 1. The van der Waals surface area contributed by atoms with Gasteiger partial charge in [0.1, 0.15) is 17.2 Å². The molecule has 4 N–H and O–H groups in total. The van der Waals surface area contributed by atoms with Crippen molar-refractivity contribution in [3.05, 3.63) is 23.5 Å². The van der Waals surface area contributed by atoms with Gasteiger partial charge in [-0.05, 0) is 44.9 Å². The van der Waals surface area contributed by atoms with Crippen LogP contribution in [0.15, 0.2) is 23.0 Å². The van der Waals surface area contributed by atoms with Crippen LogP contribution in [-0.4, -0.2) is 52.3 Å². The standard InChI is InChI=1S/C33H56F3N7O.C2H6/c1-6-11-13-16-26(15-8-3)38-21-25(10-5)29(37)41-31-39-22-27(33(34,35)36)30(42-31)40-23-32(18-19-32)24-43(20-9-4)28(44)17-14-12-7-2;1-2/h21-22,26,38H,6-20,23-24H2,1-5H3,(H3,37,39,40,41,42);1-2H3/b25-21-;. The second-order valence-electron chi connectivity index (χ2n) is 12.2. The summed E-state index contributed by atoms with van der Waals surface area (Å²) in [5.74, 6) is -0.160. The predicted molar refractivity (Wildman–Crippen MR) is 185 cm³/mol. The number of anilines is 1. The number of unbranched alkanes of at least 4 members (excludes halogenated alkanes) is 4. The molecule has 1 aromatic rings. The summed E-state index contributed by atoms with van der Waals surface area (Å²) in [7, 11) is 0. The first-order valence-electron chi connectivity index (χ1n) is 17.8. The molecule has 2 rings (SSSR count). The van der Waals surface area contributed by atoms with Crippen molar-refractivity contribution in [1.29, 1.82) is 0 Å². The molecule has 1 unspecified atom stereocenters. The Kier molecular flexibility index (Phi) is 19.6. The van der Waals surface area contributed by atoms with E-state index >= 15 is 0 Å². The molecule has 46 heavy (non-hydrogen) atoms. The molecule has 1 heterocycles. The molecule has 11 heteroatoms. The molecular formula is C35H62F3N7O. The Hall–Kier alpha value is -2.85. The van der Waals surface area contributed by atoms with E-state index in [-0.39, 0.29) is 35.5 Å². The summed E-state index contributed by atoms with van der Waals surface area (Å²) in [6.07, 6.45) is 11.2. The molecule has 0 radical (unpaired) electrons. The highest BCUT2D eigenvalue weighted by Crippen LogP contribution is 2.47. The van der Waals surface area contributed by atoms with Crippen LogP contribution < -0.4 is 16.4 Å². The normalized spacial score (nSPS) is 15.1. The third-order valence-corrected chi connectivity index (χ3v) is 8.25. The predicted octanol–water partition coefficient (Wildman–Crippen LogP) is 9.15. The third kappa shape index (κ3) is 14.7. The number of rotatable bonds is 22. The summed E-state index contributed by atoms with van der Waals surface area (Å²) in [5, 5.41) is 6.43. The lowest BCUT2D eigenvalue weighted by molar-refractivity contribution is -0.137. The van der Waals surface area contributed by atoms with E-state index in [1.54, 1.807) is 0 Å². The largest absolute Gasteiger partial charge is 0.421 e. The number of aromatic nitrogens is 2. The molecule has 1 fully saturated rings. The lowest BCUT2D eigenvalue weighted by Gasteiger charge is -2.28. The van der Waals surface area contributed by atoms with E-state index in [9.17, 15) is 18.0 Å². The molecule has 1 aliphatic rings. The fourth-order valence-electron chi connectivity index (χ4n) is 5.31. The monoisotopic (exact) mass is 653 g/mol. The van der Waals surface area contributed by atoms with Gasteiger partial charge in [0.2, 0.25) is 5.91 Å². The van der Waals surface area contributed by atoms with Crippen molar-refractivity contribution in [3.63, 3.8) is 0 Å². The van der Waals surface area contributed by atoms with Gasteiger partial charge in [-0.15, -0.1) is 0 Å². The van der Waals surface area contributed by atoms with Gasteiger partial charge in [0, 0.05) is 55.5 Å². The van der Waals surface area contributed by atoms with Crippen molar-refractivity contribution < 1.29 is 18.0 Å². The van der Waals surface area contributed by atoms with Gasteiger partial charge < -0.3 is 21.3 Å². The van der Waals surface area contributed by atoms with E-state index in [0.717, 1.165) is 82.4 Å².